The Bertz CT molecular complexity index is 439. The lowest BCUT2D eigenvalue weighted by molar-refractivity contribution is -0.141. The molecular weight excluding hydrogens is 259 g/mol. The molecule has 4 nitrogen and oxygen atoms in total. The Labute approximate surface area is 109 Å². The van der Waals surface area contributed by atoms with Gasteiger partial charge < -0.3 is 11.1 Å². The maximum absolute atomic E-state index is 12.3. The summed E-state index contributed by atoms with van der Waals surface area (Å²) in [4.78, 5) is 15.2. The molecule has 1 atom stereocenters. The van der Waals surface area contributed by atoms with Crippen molar-refractivity contribution in [2.45, 2.75) is 26.4 Å². The summed E-state index contributed by atoms with van der Waals surface area (Å²) in [6.07, 6.45) is -2.98. The minimum atomic E-state index is -4.49. The van der Waals surface area contributed by atoms with Crippen molar-refractivity contribution in [3.8, 4) is 0 Å². The first-order valence-electron chi connectivity index (χ1n) is 5.77. The van der Waals surface area contributed by atoms with Crippen molar-refractivity contribution in [1.29, 1.82) is 0 Å². The molecule has 1 amide bonds. The summed E-state index contributed by atoms with van der Waals surface area (Å²) >= 11 is 0. The molecule has 0 saturated heterocycles. The monoisotopic (exact) mass is 275 g/mol. The number of anilines is 1. The van der Waals surface area contributed by atoms with Crippen LogP contribution >= 0.6 is 0 Å². The lowest BCUT2D eigenvalue weighted by Crippen LogP contribution is -2.39. The Morgan fingerprint density at radius 3 is 2.42 bits per heavy atom. The minimum Gasteiger partial charge on any atom is -0.329 e. The number of alkyl halides is 3. The fourth-order valence-corrected chi connectivity index (χ4v) is 1.32. The molecule has 0 saturated carbocycles. The van der Waals surface area contributed by atoms with E-state index in [0.717, 1.165) is 12.3 Å². The molecule has 106 valence electrons. The van der Waals surface area contributed by atoms with Crippen LogP contribution in [0.2, 0.25) is 0 Å². The van der Waals surface area contributed by atoms with Crippen LogP contribution in [0.25, 0.3) is 0 Å². The third kappa shape index (κ3) is 3.66. The third-order valence-corrected chi connectivity index (χ3v) is 3.09. The number of aromatic nitrogens is 1. The van der Waals surface area contributed by atoms with Gasteiger partial charge in [0.25, 0.3) is 0 Å². The van der Waals surface area contributed by atoms with Crippen molar-refractivity contribution in [1.82, 2.24) is 4.98 Å². The van der Waals surface area contributed by atoms with Crippen molar-refractivity contribution >= 4 is 11.6 Å². The minimum absolute atomic E-state index is 0.156. The number of carbonyl (C=O) groups excluding carboxylic acids is 1. The van der Waals surface area contributed by atoms with Gasteiger partial charge in [-0.1, -0.05) is 6.92 Å². The largest absolute Gasteiger partial charge is 0.433 e. The highest BCUT2D eigenvalue weighted by atomic mass is 19.4. The van der Waals surface area contributed by atoms with Gasteiger partial charge in [0, 0.05) is 6.54 Å². The molecular formula is C12H16F3N3O. The van der Waals surface area contributed by atoms with E-state index in [4.69, 9.17) is 5.73 Å². The lowest BCUT2D eigenvalue weighted by atomic mass is 9.86. The number of hydrogen-bond donors (Lipinski definition) is 2. The molecule has 0 aliphatic heterocycles. The summed E-state index contributed by atoms with van der Waals surface area (Å²) in [7, 11) is 0. The van der Waals surface area contributed by atoms with Gasteiger partial charge in [0.05, 0.1) is 17.3 Å². The second-order valence-corrected chi connectivity index (χ2v) is 4.50. The number of amides is 1. The first kappa shape index (κ1) is 15.4. The van der Waals surface area contributed by atoms with E-state index in [0.29, 0.717) is 6.42 Å². The van der Waals surface area contributed by atoms with Gasteiger partial charge in [-0.25, -0.2) is 4.98 Å². The maximum Gasteiger partial charge on any atom is 0.433 e. The number of rotatable bonds is 4. The molecule has 1 aromatic heterocycles. The van der Waals surface area contributed by atoms with E-state index >= 15 is 0 Å². The number of pyridine rings is 1. The predicted octanol–water partition coefficient (Wildman–Crippen LogP) is 2.41. The predicted molar refractivity (Wildman–Crippen MR) is 65.3 cm³/mol. The number of nitrogens with zero attached hydrogens (tertiary/aromatic N) is 1. The van der Waals surface area contributed by atoms with Gasteiger partial charge in [-0.15, -0.1) is 0 Å². The highest BCUT2D eigenvalue weighted by molar-refractivity contribution is 5.95. The Balaban J connectivity index is 2.82. The molecule has 1 rings (SSSR count). The molecule has 0 bridgehead atoms. The second-order valence-electron chi connectivity index (χ2n) is 4.50. The molecule has 7 heteroatoms. The molecule has 1 aromatic rings. The summed E-state index contributed by atoms with van der Waals surface area (Å²) in [5, 5.41) is 2.51. The smallest absolute Gasteiger partial charge is 0.329 e. The van der Waals surface area contributed by atoms with Gasteiger partial charge in [-0.3, -0.25) is 4.79 Å². The number of carbonyl (C=O) groups is 1. The van der Waals surface area contributed by atoms with E-state index in [1.54, 1.807) is 6.92 Å². The van der Waals surface area contributed by atoms with Crippen molar-refractivity contribution in [2.75, 3.05) is 11.9 Å². The van der Waals surface area contributed by atoms with Gasteiger partial charge in [-0.05, 0) is 25.5 Å². The Hall–Kier alpha value is -1.63. The first-order chi connectivity index (χ1) is 8.73. The number of halogens is 3. The molecule has 0 spiro atoms. The van der Waals surface area contributed by atoms with Gasteiger partial charge in [0.2, 0.25) is 5.91 Å². The fraction of sp³-hybridized carbons (Fsp3) is 0.500. The van der Waals surface area contributed by atoms with Crippen LogP contribution in [0.15, 0.2) is 18.3 Å². The standard InChI is InChI=1S/C12H16F3N3O/c1-3-11(2,7-16)10(19)18-8-4-5-9(17-6-8)12(13,14)15/h4-6H,3,7,16H2,1-2H3,(H,18,19). The fourth-order valence-electron chi connectivity index (χ4n) is 1.32. The zero-order valence-corrected chi connectivity index (χ0v) is 10.7. The maximum atomic E-state index is 12.3. The normalized spacial score (nSPS) is 14.8. The first-order valence-corrected chi connectivity index (χ1v) is 5.77. The number of hydrogen-bond acceptors (Lipinski definition) is 3. The highest BCUT2D eigenvalue weighted by Gasteiger charge is 2.33. The van der Waals surface area contributed by atoms with E-state index in [1.807, 2.05) is 6.92 Å². The average Bonchev–Trinajstić information content (AvgIpc) is 2.37. The van der Waals surface area contributed by atoms with E-state index in [2.05, 4.69) is 10.3 Å². The van der Waals surface area contributed by atoms with E-state index in [9.17, 15) is 18.0 Å². The van der Waals surface area contributed by atoms with Gasteiger partial charge in [-0.2, -0.15) is 13.2 Å². The molecule has 0 fully saturated rings. The molecule has 0 aromatic carbocycles. The summed E-state index contributed by atoms with van der Waals surface area (Å²) in [6, 6.07) is 1.99. The number of nitrogens with two attached hydrogens (primary N) is 1. The van der Waals surface area contributed by atoms with E-state index in [1.165, 1.54) is 6.07 Å². The van der Waals surface area contributed by atoms with Crippen molar-refractivity contribution in [3.05, 3.63) is 24.0 Å². The van der Waals surface area contributed by atoms with Crippen LogP contribution in [0.4, 0.5) is 18.9 Å². The SMILES string of the molecule is CCC(C)(CN)C(=O)Nc1ccc(C(F)(F)F)nc1. The van der Waals surface area contributed by atoms with E-state index < -0.39 is 17.3 Å². The molecule has 1 unspecified atom stereocenters. The summed E-state index contributed by atoms with van der Waals surface area (Å²) in [6.45, 7) is 3.67. The molecule has 3 N–H and O–H groups in total. The van der Waals surface area contributed by atoms with Gasteiger partial charge in [0.1, 0.15) is 5.69 Å². The van der Waals surface area contributed by atoms with Crippen molar-refractivity contribution < 1.29 is 18.0 Å². The molecule has 0 aliphatic rings. The van der Waals surface area contributed by atoms with E-state index in [-0.39, 0.29) is 18.1 Å². The molecule has 19 heavy (non-hydrogen) atoms. The zero-order chi connectivity index (χ0) is 14.7. The topological polar surface area (TPSA) is 68.0 Å². The van der Waals surface area contributed by atoms with Crippen LogP contribution < -0.4 is 11.1 Å². The zero-order valence-electron chi connectivity index (χ0n) is 10.7. The van der Waals surface area contributed by atoms with Crippen LogP contribution in [0.3, 0.4) is 0 Å². The van der Waals surface area contributed by atoms with Gasteiger partial charge >= 0.3 is 6.18 Å². The molecule has 0 aliphatic carbocycles. The number of nitrogens with one attached hydrogen (secondary N) is 1. The summed E-state index contributed by atoms with van der Waals surface area (Å²) < 4.78 is 36.9. The third-order valence-electron chi connectivity index (χ3n) is 3.09. The molecule has 1 heterocycles. The quantitative estimate of drug-likeness (QED) is 0.886. The van der Waals surface area contributed by atoms with Crippen LogP contribution in [0, 0.1) is 5.41 Å². The van der Waals surface area contributed by atoms with Crippen LogP contribution in [0.5, 0.6) is 0 Å². The summed E-state index contributed by atoms with van der Waals surface area (Å²) in [5.41, 5.74) is 4.00. The van der Waals surface area contributed by atoms with Crippen LogP contribution in [-0.4, -0.2) is 17.4 Å². The van der Waals surface area contributed by atoms with Crippen molar-refractivity contribution in [2.24, 2.45) is 11.1 Å². The average molecular weight is 275 g/mol. The van der Waals surface area contributed by atoms with Crippen LogP contribution in [0.1, 0.15) is 26.0 Å². The second kappa shape index (κ2) is 5.56. The Morgan fingerprint density at radius 2 is 2.05 bits per heavy atom. The Kier molecular flexibility index (Phi) is 4.52. The highest BCUT2D eigenvalue weighted by Crippen LogP contribution is 2.28. The Morgan fingerprint density at radius 1 is 1.42 bits per heavy atom. The molecule has 0 radical (unpaired) electrons. The van der Waals surface area contributed by atoms with Gasteiger partial charge in [0.15, 0.2) is 0 Å². The lowest BCUT2D eigenvalue weighted by Gasteiger charge is -2.24. The van der Waals surface area contributed by atoms with Crippen molar-refractivity contribution in [3.63, 3.8) is 0 Å². The summed E-state index contributed by atoms with van der Waals surface area (Å²) in [5.74, 6) is -0.334. The van der Waals surface area contributed by atoms with Crippen LogP contribution in [-0.2, 0) is 11.0 Å².